The van der Waals surface area contributed by atoms with Crippen LogP contribution in [0.2, 0.25) is 0 Å². The number of hydrogen-bond acceptors (Lipinski definition) is 3. The van der Waals surface area contributed by atoms with Crippen LogP contribution in [0.5, 0.6) is 0 Å². The summed E-state index contributed by atoms with van der Waals surface area (Å²) in [6.07, 6.45) is 3.93. The van der Waals surface area contributed by atoms with Crippen molar-refractivity contribution in [2.45, 2.75) is 12.8 Å². The van der Waals surface area contributed by atoms with Gasteiger partial charge < -0.3 is 10.3 Å². The molecule has 0 fully saturated rings. The van der Waals surface area contributed by atoms with Gasteiger partial charge in [0, 0.05) is 48.4 Å². The van der Waals surface area contributed by atoms with Gasteiger partial charge >= 0.3 is 0 Å². The third-order valence-corrected chi connectivity index (χ3v) is 3.64. The molecule has 0 aliphatic heterocycles. The highest BCUT2D eigenvalue weighted by molar-refractivity contribution is 5.95. The summed E-state index contributed by atoms with van der Waals surface area (Å²) >= 11 is 0. The zero-order valence-corrected chi connectivity index (χ0v) is 11.7. The van der Waals surface area contributed by atoms with Gasteiger partial charge in [-0.3, -0.25) is 0 Å². The minimum absolute atomic E-state index is 0.171. The van der Waals surface area contributed by atoms with Crippen LogP contribution in [-0.2, 0) is 7.05 Å². The Kier molecular flexibility index (Phi) is 3.24. The molecule has 1 atom stereocenters. The lowest BCUT2D eigenvalue weighted by Gasteiger charge is -2.08. The van der Waals surface area contributed by atoms with E-state index < -0.39 is 0 Å². The number of aryl methyl sites for hydroxylation is 1. The standard InChI is InChI=1S/C16H18N4/c1-11(9-17)16-18-8-7-14(19-16)13-10-20(2)15-6-4-3-5-12(13)15/h3-8,10-11H,9,17H2,1-2H3. The Balaban J connectivity index is 2.16. The molecular formula is C16H18N4. The summed E-state index contributed by atoms with van der Waals surface area (Å²) in [6, 6.07) is 10.3. The maximum Gasteiger partial charge on any atom is 0.133 e. The molecule has 0 spiro atoms. The van der Waals surface area contributed by atoms with E-state index in [4.69, 9.17) is 5.73 Å². The van der Waals surface area contributed by atoms with Gasteiger partial charge in [0.1, 0.15) is 5.82 Å². The number of nitrogens with zero attached hydrogens (tertiary/aromatic N) is 3. The Morgan fingerprint density at radius 1 is 1.25 bits per heavy atom. The van der Waals surface area contributed by atoms with Crippen LogP contribution in [-0.4, -0.2) is 21.1 Å². The Labute approximate surface area is 118 Å². The van der Waals surface area contributed by atoms with Crippen molar-refractivity contribution in [3.05, 3.63) is 48.5 Å². The molecule has 0 amide bonds. The average molecular weight is 266 g/mol. The molecule has 0 radical (unpaired) electrons. The molecule has 4 nitrogen and oxygen atoms in total. The molecule has 20 heavy (non-hydrogen) atoms. The van der Waals surface area contributed by atoms with E-state index in [1.165, 1.54) is 10.9 Å². The van der Waals surface area contributed by atoms with Crippen molar-refractivity contribution >= 4 is 10.9 Å². The molecule has 1 aromatic carbocycles. The van der Waals surface area contributed by atoms with Crippen LogP contribution in [0.1, 0.15) is 18.7 Å². The number of nitrogens with two attached hydrogens (primary N) is 1. The highest BCUT2D eigenvalue weighted by Crippen LogP contribution is 2.29. The van der Waals surface area contributed by atoms with Crippen molar-refractivity contribution in [1.82, 2.24) is 14.5 Å². The van der Waals surface area contributed by atoms with Crippen molar-refractivity contribution in [3.63, 3.8) is 0 Å². The average Bonchev–Trinajstić information content (AvgIpc) is 2.84. The molecule has 0 bridgehead atoms. The van der Waals surface area contributed by atoms with Crippen LogP contribution in [0.4, 0.5) is 0 Å². The van der Waals surface area contributed by atoms with Crippen LogP contribution in [0, 0.1) is 0 Å². The first kappa shape index (κ1) is 12.8. The Morgan fingerprint density at radius 2 is 2.05 bits per heavy atom. The number of fused-ring (bicyclic) bond motifs is 1. The van der Waals surface area contributed by atoms with Gasteiger partial charge in [-0.15, -0.1) is 0 Å². The normalized spacial score (nSPS) is 12.8. The first-order chi connectivity index (χ1) is 9.70. The zero-order valence-electron chi connectivity index (χ0n) is 11.7. The molecule has 2 aromatic heterocycles. The Hall–Kier alpha value is -2.20. The summed E-state index contributed by atoms with van der Waals surface area (Å²) in [7, 11) is 2.05. The highest BCUT2D eigenvalue weighted by Gasteiger charge is 2.12. The van der Waals surface area contributed by atoms with Crippen LogP contribution in [0.15, 0.2) is 42.7 Å². The lowest BCUT2D eigenvalue weighted by Crippen LogP contribution is -2.12. The van der Waals surface area contributed by atoms with Crippen molar-refractivity contribution in [2.75, 3.05) is 6.54 Å². The molecule has 3 rings (SSSR count). The van der Waals surface area contributed by atoms with Crippen molar-refractivity contribution in [2.24, 2.45) is 12.8 Å². The van der Waals surface area contributed by atoms with E-state index in [0.717, 1.165) is 17.1 Å². The van der Waals surface area contributed by atoms with E-state index in [9.17, 15) is 0 Å². The number of aromatic nitrogens is 3. The van der Waals surface area contributed by atoms with Gasteiger partial charge in [-0.05, 0) is 12.1 Å². The third-order valence-electron chi connectivity index (χ3n) is 3.64. The summed E-state index contributed by atoms with van der Waals surface area (Å²) in [5.41, 5.74) is 8.99. The van der Waals surface area contributed by atoms with Crippen molar-refractivity contribution in [1.29, 1.82) is 0 Å². The fourth-order valence-electron chi connectivity index (χ4n) is 2.41. The maximum atomic E-state index is 5.70. The van der Waals surface area contributed by atoms with E-state index in [1.54, 1.807) is 0 Å². The van der Waals surface area contributed by atoms with Crippen molar-refractivity contribution in [3.8, 4) is 11.3 Å². The summed E-state index contributed by atoms with van der Waals surface area (Å²) in [6.45, 7) is 2.60. The lowest BCUT2D eigenvalue weighted by atomic mass is 10.1. The van der Waals surface area contributed by atoms with E-state index in [0.29, 0.717) is 6.54 Å². The van der Waals surface area contributed by atoms with Gasteiger partial charge in [-0.25, -0.2) is 9.97 Å². The lowest BCUT2D eigenvalue weighted by molar-refractivity contribution is 0.713. The minimum atomic E-state index is 0.171. The fourth-order valence-corrected chi connectivity index (χ4v) is 2.41. The maximum absolute atomic E-state index is 5.70. The summed E-state index contributed by atoms with van der Waals surface area (Å²) in [5, 5.41) is 1.21. The zero-order chi connectivity index (χ0) is 14.1. The monoisotopic (exact) mass is 266 g/mol. The first-order valence-corrected chi connectivity index (χ1v) is 6.78. The van der Waals surface area contributed by atoms with Crippen molar-refractivity contribution < 1.29 is 0 Å². The second kappa shape index (κ2) is 5.06. The third kappa shape index (κ3) is 2.08. The highest BCUT2D eigenvalue weighted by atomic mass is 14.9. The fraction of sp³-hybridized carbons (Fsp3) is 0.250. The molecule has 4 heteroatoms. The van der Waals surface area contributed by atoms with Gasteiger partial charge in [0.15, 0.2) is 0 Å². The molecule has 1 unspecified atom stereocenters. The first-order valence-electron chi connectivity index (χ1n) is 6.78. The predicted octanol–water partition coefficient (Wildman–Crippen LogP) is 2.70. The minimum Gasteiger partial charge on any atom is -0.350 e. The number of benzene rings is 1. The molecule has 2 heterocycles. The van der Waals surface area contributed by atoms with Gasteiger partial charge in [0.25, 0.3) is 0 Å². The van der Waals surface area contributed by atoms with E-state index in [1.807, 2.05) is 25.3 Å². The SMILES string of the molecule is CC(CN)c1nccc(-c2cn(C)c3ccccc23)n1. The summed E-state index contributed by atoms with van der Waals surface area (Å²) in [4.78, 5) is 9.00. The molecule has 2 N–H and O–H groups in total. The van der Waals surface area contributed by atoms with Gasteiger partial charge in [-0.1, -0.05) is 25.1 Å². The van der Waals surface area contributed by atoms with Gasteiger partial charge in [0.2, 0.25) is 0 Å². The number of hydrogen-bond donors (Lipinski definition) is 1. The van der Waals surface area contributed by atoms with E-state index >= 15 is 0 Å². The Morgan fingerprint density at radius 3 is 2.85 bits per heavy atom. The summed E-state index contributed by atoms with van der Waals surface area (Å²) in [5.74, 6) is 0.975. The molecule has 0 saturated carbocycles. The smallest absolute Gasteiger partial charge is 0.133 e. The number of rotatable bonds is 3. The molecule has 0 aliphatic rings. The molecule has 0 aliphatic carbocycles. The van der Waals surface area contributed by atoms with E-state index in [2.05, 4.69) is 46.0 Å². The molecule has 3 aromatic rings. The molecule has 0 saturated heterocycles. The predicted molar refractivity (Wildman–Crippen MR) is 81.4 cm³/mol. The van der Waals surface area contributed by atoms with Crippen LogP contribution < -0.4 is 5.73 Å². The molecule has 102 valence electrons. The Bertz CT molecular complexity index is 745. The van der Waals surface area contributed by atoms with Crippen LogP contribution in [0.3, 0.4) is 0 Å². The van der Waals surface area contributed by atoms with Gasteiger partial charge in [-0.2, -0.15) is 0 Å². The summed E-state index contributed by atoms with van der Waals surface area (Å²) < 4.78 is 2.12. The second-order valence-electron chi connectivity index (χ2n) is 5.11. The topological polar surface area (TPSA) is 56.7 Å². The van der Waals surface area contributed by atoms with Gasteiger partial charge in [0.05, 0.1) is 5.69 Å². The van der Waals surface area contributed by atoms with Crippen LogP contribution >= 0.6 is 0 Å². The van der Waals surface area contributed by atoms with Crippen LogP contribution in [0.25, 0.3) is 22.2 Å². The quantitative estimate of drug-likeness (QED) is 0.793. The van der Waals surface area contributed by atoms with E-state index in [-0.39, 0.29) is 5.92 Å². The molecular weight excluding hydrogens is 248 g/mol. The largest absolute Gasteiger partial charge is 0.350 e. The second-order valence-corrected chi connectivity index (χ2v) is 5.11. The number of para-hydroxylation sites is 1.